The molecule has 3 aromatic rings. The minimum Gasteiger partial charge on any atom is -0.316 e. The fourth-order valence-corrected chi connectivity index (χ4v) is 3.37. The molecule has 1 saturated heterocycles. The predicted octanol–water partition coefficient (Wildman–Crippen LogP) is 2.14. The van der Waals surface area contributed by atoms with E-state index in [1.54, 1.807) is 4.68 Å². The molecule has 0 spiro atoms. The van der Waals surface area contributed by atoms with Crippen LogP contribution in [0.5, 0.6) is 0 Å². The predicted molar refractivity (Wildman–Crippen MR) is 96.0 cm³/mol. The van der Waals surface area contributed by atoms with Crippen molar-refractivity contribution in [2.45, 2.75) is 19.3 Å². The van der Waals surface area contributed by atoms with Gasteiger partial charge in [-0.1, -0.05) is 17.3 Å². The van der Waals surface area contributed by atoms with Crippen LogP contribution in [0.3, 0.4) is 0 Å². The Morgan fingerprint density at radius 3 is 3.00 bits per heavy atom. The van der Waals surface area contributed by atoms with E-state index in [-0.39, 0.29) is 11.7 Å². The lowest BCUT2D eigenvalue weighted by atomic mass is 9.92. The van der Waals surface area contributed by atoms with Gasteiger partial charge < -0.3 is 5.32 Å². The molecule has 0 bridgehead atoms. The van der Waals surface area contributed by atoms with Gasteiger partial charge in [0.2, 0.25) is 0 Å². The zero-order chi connectivity index (χ0) is 17.2. The summed E-state index contributed by atoms with van der Waals surface area (Å²) >= 11 is 0. The molecule has 1 aromatic carbocycles. The van der Waals surface area contributed by atoms with Crippen molar-refractivity contribution in [3.05, 3.63) is 42.4 Å². The van der Waals surface area contributed by atoms with E-state index in [9.17, 15) is 4.79 Å². The maximum absolute atomic E-state index is 12.5. The molecule has 1 fully saturated rings. The van der Waals surface area contributed by atoms with Crippen LogP contribution in [0.25, 0.3) is 22.0 Å². The van der Waals surface area contributed by atoms with Crippen molar-refractivity contribution in [1.29, 1.82) is 0 Å². The molecule has 4 rings (SSSR count). The van der Waals surface area contributed by atoms with Crippen LogP contribution in [0, 0.1) is 5.92 Å². The highest BCUT2D eigenvalue weighted by molar-refractivity contribution is 5.88. The maximum Gasteiger partial charge on any atom is 0.143 e. The highest BCUT2D eigenvalue weighted by Crippen LogP contribution is 2.23. The lowest BCUT2D eigenvalue weighted by Crippen LogP contribution is -2.35. The van der Waals surface area contributed by atoms with Crippen LogP contribution in [0.1, 0.15) is 18.5 Å². The monoisotopic (exact) mass is 335 g/mol. The molecule has 2 aromatic heterocycles. The highest BCUT2D eigenvalue weighted by atomic mass is 16.1. The molecule has 0 amide bonds. The van der Waals surface area contributed by atoms with E-state index in [1.165, 1.54) is 0 Å². The van der Waals surface area contributed by atoms with Gasteiger partial charge in [0, 0.05) is 48.8 Å². The minimum atomic E-state index is 0.122. The summed E-state index contributed by atoms with van der Waals surface area (Å²) < 4.78 is 1.69. The number of carbonyl (C=O) groups excluding carboxylic acids is 1. The van der Waals surface area contributed by atoms with Gasteiger partial charge in [0.25, 0.3) is 0 Å². The van der Waals surface area contributed by atoms with Crippen LogP contribution in [0.4, 0.5) is 0 Å². The van der Waals surface area contributed by atoms with Gasteiger partial charge >= 0.3 is 0 Å². The molecule has 1 N–H and O–H groups in total. The molecule has 0 unspecified atom stereocenters. The number of Topliss-reactive ketones (excluding diaryl/α,β-unsaturated/α-hetero) is 1. The summed E-state index contributed by atoms with van der Waals surface area (Å²) in [4.78, 5) is 17.0. The van der Waals surface area contributed by atoms with Crippen molar-refractivity contribution in [3.8, 4) is 11.3 Å². The van der Waals surface area contributed by atoms with Gasteiger partial charge in [-0.3, -0.25) is 14.5 Å². The number of aryl methyl sites for hydroxylation is 1. The van der Waals surface area contributed by atoms with Crippen LogP contribution >= 0.6 is 0 Å². The second-order valence-corrected chi connectivity index (χ2v) is 6.70. The number of piperidine rings is 1. The number of fused-ring (bicyclic) bond motifs is 1. The fraction of sp³-hybridized carbons (Fsp3) is 0.368. The Kier molecular flexibility index (Phi) is 4.28. The van der Waals surface area contributed by atoms with Crippen LogP contribution < -0.4 is 5.32 Å². The summed E-state index contributed by atoms with van der Waals surface area (Å²) in [5.74, 6) is 0.404. The van der Waals surface area contributed by atoms with Gasteiger partial charge in [0.1, 0.15) is 11.5 Å². The van der Waals surface area contributed by atoms with Crippen molar-refractivity contribution >= 4 is 16.6 Å². The Morgan fingerprint density at radius 1 is 1.32 bits per heavy atom. The van der Waals surface area contributed by atoms with Crippen molar-refractivity contribution in [2.24, 2.45) is 13.0 Å². The van der Waals surface area contributed by atoms with E-state index in [0.29, 0.717) is 6.42 Å². The van der Waals surface area contributed by atoms with Crippen molar-refractivity contribution in [1.82, 2.24) is 25.3 Å². The van der Waals surface area contributed by atoms with Gasteiger partial charge in [0.15, 0.2) is 0 Å². The number of benzene rings is 1. The number of hydrogen-bond acceptors (Lipinski definition) is 5. The summed E-state index contributed by atoms with van der Waals surface area (Å²) in [5.41, 5.74) is 2.69. The maximum atomic E-state index is 12.5. The van der Waals surface area contributed by atoms with Crippen LogP contribution in [0.2, 0.25) is 0 Å². The lowest BCUT2D eigenvalue weighted by Gasteiger charge is -2.21. The molecular formula is C19H21N5O. The SMILES string of the molecule is Cn1cc(-c2ccc3cnc(CC(=O)[C@@H]4CCCNC4)cc3c2)nn1. The van der Waals surface area contributed by atoms with E-state index in [0.717, 1.165) is 53.7 Å². The second-order valence-electron chi connectivity index (χ2n) is 6.70. The number of hydrogen-bond donors (Lipinski definition) is 1. The Morgan fingerprint density at radius 2 is 2.24 bits per heavy atom. The number of ketones is 1. The lowest BCUT2D eigenvalue weighted by molar-refractivity contribution is -0.122. The third kappa shape index (κ3) is 3.44. The standard InChI is InChI=1S/C19H21N5O/c1-24-12-18(22-23-24)13-4-5-14-11-21-17(8-16(14)7-13)9-19(25)15-3-2-6-20-10-15/h4-5,7-8,11-12,15,20H,2-3,6,9-10H2,1H3/t15-/m1/s1. The molecule has 6 heteroatoms. The fourth-order valence-electron chi connectivity index (χ4n) is 3.37. The van der Waals surface area contributed by atoms with E-state index >= 15 is 0 Å². The molecule has 0 aliphatic carbocycles. The Hall–Kier alpha value is -2.60. The van der Waals surface area contributed by atoms with Crippen molar-refractivity contribution < 1.29 is 4.79 Å². The largest absolute Gasteiger partial charge is 0.316 e. The molecule has 25 heavy (non-hydrogen) atoms. The molecular weight excluding hydrogens is 314 g/mol. The quantitative estimate of drug-likeness (QED) is 0.791. The van der Waals surface area contributed by atoms with Gasteiger partial charge in [-0.2, -0.15) is 0 Å². The first-order valence-corrected chi connectivity index (χ1v) is 8.68. The summed E-state index contributed by atoms with van der Waals surface area (Å²) in [5, 5.41) is 13.6. The third-order valence-corrected chi connectivity index (χ3v) is 4.78. The first kappa shape index (κ1) is 15.9. The molecule has 0 saturated carbocycles. The molecule has 1 aliphatic rings. The molecule has 1 atom stereocenters. The van der Waals surface area contributed by atoms with Gasteiger partial charge in [-0.15, -0.1) is 5.10 Å². The molecule has 128 valence electrons. The normalized spacial score (nSPS) is 17.7. The topological polar surface area (TPSA) is 72.7 Å². The van der Waals surface area contributed by atoms with E-state index < -0.39 is 0 Å². The summed E-state index contributed by atoms with van der Waals surface area (Å²) in [6.07, 6.45) is 6.19. The average Bonchev–Trinajstić information content (AvgIpc) is 3.08. The Balaban J connectivity index is 1.59. The smallest absolute Gasteiger partial charge is 0.143 e. The van der Waals surface area contributed by atoms with E-state index in [4.69, 9.17) is 0 Å². The Labute approximate surface area is 146 Å². The first-order valence-electron chi connectivity index (χ1n) is 8.68. The van der Waals surface area contributed by atoms with Crippen LogP contribution in [-0.2, 0) is 18.3 Å². The zero-order valence-corrected chi connectivity index (χ0v) is 14.3. The zero-order valence-electron chi connectivity index (χ0n) is 14.3. The number of aromatic nitrogens is 4. The average molecular weight is 335 g/mol. The highest BCUT2D eigenvalue weighted by Gasteiger charge is 2.21. The number of nitrogens with one attached hydrogen (secondary N) is 1. The Bertz CT molecular complexity index is 911. The van der Waals surface area contributed by atoms with Crippen molar-refractivity contribution in [3.63, 3.8) is 0 Å². The number of rotatable bonds is 4. The summed E-state index contributed by atoms with van der Waals surface area (Å²) in [6, 6.07) is 8.15. The molecule has 3 heterocycles. The molecule has 6 nitrogen and oxygen atoms in total. The second kappa shape index (κ2) is 6.72. The van der Waals surface area contributed by atoms with Crippen molar-refractivity contribution in [2.75, 3.05) is 13.1 Å². The summed E-state index contributed by atoms with van der Waals surface area (Å²) in [6.45, 7) is 1.81. The molecule has 1 aliphatic heterocycles. The van der Waals surface area contributed by atoms with E-state index in [1.807, 2.05) is 37.6 Å². The number of pyridine rings is 1. The summed E-state index contributed by atoms with van der Waals surface area (Å²) in [7, 11) is 1.85. The first-order chi connectivity index (χ1) is 12.2. The number of nitrogens with zero attached hydrogens (tertiary/aromatic N) is 4. The minimum absolute atomic E-state index is 0.122. The molecule has 0 radical (unpaired) electrons. The van der Waals surface area contributed by atoms with Crippen LogP contribution in [0.15, 0.2) is 36.7 Å². The van der Waals surface area contributed by atoms with Gasteiger partial charge in [-0.25, -0.2) is 0 Å². The van der Waals surface area contributed by atoms with Gasteiger partial charge in [-0.05, 0) is 36.9 Å². The van der Waals surface area contributed by atoms with E-state index in [2.05, 4.69) is 26.7 Å². The third-order valence-electron chi connectivity index (χ3n) is 4.78. The number of carbonyl (C=O) groups is 1. The van der Waals surface area contributed by atoms with Crippen LogP contribution in [-0.4, -0.2) is 38.9 Å². The van der Waals surface area contributed by atoms with Gasteiger partial charge in [0.05, 0.1) is 6.20 Å².